The first-order valence-corrected chi connectivity index (χ1v) is 7.03. The summed E-state index contributed by atoms with van der Waals surface area (Å²) >= 11 is 3.64. The quantitative estimate of drug-likeness (QED) is 0.465. The smallest absolute Gasteiger partial charge is 0.269 e. The fourth-order valence-electron chi connectivity index (χ4n) is 1.91. The zero-order valence-electron chi connectivity index (χ0n) is 11.0. The van der Waals surface area contributed by atoms with Crippen LogP contribution in [0.25, 0.3) is 0 Å². The second-order valence-corrected chi connectivity index (χ2v) is 5.48. The van der Waals surface area contributed by atoms with Gasteiger partial charge in [-0.3, -0.25) is 10.1 Å². The number of benzene rings is 2. The van der Waals surface area contributed by atoms with E-state index in [0.717, 1.165) is 23.3 Å². The molecule has 0 aromatic heterocycles. The molecule has 0 bridgehead atoms. The van der Waals surface area contributed by atoms with Crippen LogP contribution in [0.4, 0.5) is 5.69 Å². The van der Waals surface area contributed by atoms with E-state index in [1.54, 1.807) is 19.2 Å². The van der Waals surface area contributed by atoms with Gasteiger partial charge in [-0.05, 0) is 29.7 Å². The second-order valence-electron chi connectivity index (χ2n) is 4.37. The van der Waals surface area contributed by atoms with Crippen LogP contribution in [0, 0.1) is 10.1 Å². The van der Waals surface area contributed by atoms with Crippen molar-refractivity contribution in [3.63, 3.8) is 0 Å². The van der Waals surface area contributed by atoms with E-state index in [1.165, 1.54) is 12.1 Å². The van der Waals surface area contributed by atoms with Crippen LogP contribution in [-0.4, -0.2) is 12.0 Å². The van der Waals surface area contributed by atoms with E-state index in [9.17, 15) is 10.1 Å². The van der Waals surface area contributed by atoms with Gasteiger partial charge in [-0.2, -0.15) is 0 Å². The van der Waals surface area contributed by atoms with Crippen molar-refractivity contribution in [1.29, 1.82) is 0 Å². The highest BCUT2D eigenvalue weighted by molar-refractivity contribution is 9.09. The number of hydrogen-bond acceptors (Lipinski definition) is 3. The molecule has 0 heterocycles. The van der Waals surface area contributed by atoms with Crippen molar-refractivity contribution >= 4 is 21.6 Å². The van der Waals surface area contributed by atoms with E-state index >= 15 is 0 Å². The Morgan fingerprint density at radius 3 is 2.55 bits per heavy atom. The van der Waals surface area contributed by atoms with E-state index in [4.69, 9.17) is 4.74 Å². The van der Waals surface area contributed by atoms with E-state index in [-0.39, 0.29) is 10.5 Å². The third-order valence-electron chi connectivity index (χ3n) is 3.02. The molecule has 2 aromatic rings. The molecule has 0 saturated carbocycles. The van der Waals surface area contributed by atoms with Gasteiger partial charge in [0.15, 0.2) is 0 Å². The molecule has 0 aliphatic heterocycles. The average Bonchev–Trinajstić information content (AvgIpc) is 2.47. The number of nitrogens with zero attached hydrogens (tertiary/aromatic N) is 1. The first-order chi connectivity index (χ1) is 9.60. The minimum Gasteiger partial charge on any atom is -0.497 e. The summed E-state index contributed by atoms with van der Waals surface area (Å²) < 4.78 is 5.20. The molecule has 2 aromatic carbocycles. The number of ether oxygens (including phenoxy) is 1. The van der Waals surface area contributed by atoms with Crippen LogP contribution in [0.5, 0.6) is 5.75 Å². The zero-order chi connectivity index (χ0) is 14.5. The van der Waals surface area contributed by atoms with Gasteiger partial charge < -0.3 is 4.74 Å². The van der Waals surface area contributed by atoms with Crippen molar-refractivity contribution in [2.45, 2.75) is 11.2 Å². The number of hydrogen-bond donors (Lipinski definition) is 0. The normalized spacial score (nSPS) is 11.9. The van der Waals surface area contributed by atoms with Crippen LogP contribution in [0.1, 0.15) is 16.0 Å². The molecule has 0 radical (unpaired) electrons. The SMILES string of the molecule is COc1cccc(C(Br)Cc2ccc([N+](=O)[O-])cc2)c1. The summed E-state index contributed by atoms with van der Waals surface area (Å²) in [7, 11) is 1.64. The molecule has 20 heavy (non-hydrogen) atoms. The Labute approximate surface area is 125 Å². The maximum absolute atomic E-state index is 10.6. The molecule has 0 N–H and O–H groups in total. The van der Waals surface area contributed by atoms with Gasteiger partial charge in [0.2, 0.25) is 0 Å². The number of rotatable bonds is 5. The van der Waals surface area contributed by atoms with E-state index in [2.05, 4.69) is 15.9 Å². The van der Waals surface area contributed by atoms with Crippen LogP contribution in [0.3, 0.4) is 0 Å². The Morgan fingerprint density at radius 1 is 1.25 bits per heavy atom. The number of halogens is 1. The van der Waals surface area contributed by atoms with Gasteiger partial charge in [0, 0.05) is 17.0 Å². The Kier molecular flexibility index (Phi) is 4.74. The largest absolute Gasteiger partial charge is 0.497 e. The molecule has 0 amide bonds. The topological polar surface area (TPSA) is 52.4 Å². The first-order valence-electron chi connectivity index (χ1n) is 6.11. The molecule has 4 nitrogen and oxygen atoms in total. The number of nitro benzene ring substituents is 1. The van der Waals surface area contributed by atoms with Crippen molar-refractivity contribution in [1.82, 2.24) is 0 Å². The van der Waals surface area contributed by atoms with Crippen LogP contribution in [0.2, 0.25) is 0 Å². The van der Waals surface area contributed by atoms with Gasteiger partial charge in [0.25, 0.3) is 5.69 Å². The predicted molar refractivity (Wildman–Crippen MR) is 81.5 cm³/mol. The van der Waals surface area contributed by atoms with Crippen LogP contribution in [0.15, 0.2) is 48.5 Å². The van der Waals surface area contributed by atoms with E-state index in [1.807, 2.05) is 24.3 Å². The molecule has 0 aliphatic carbocycles. The van der Waals surface area contributed by atoms with Gasteiger partial charge in [-0.15, -0.1) is 0 Å². The summed E-state index contributed by atoms with van der Waals surface area (Å²) in [5, 5.41) is 10.6. The highest BCUT2D eigenvalue weighted by Gasteiger charge is 2.11. The first kappa shape index (κ1) is 14.5. The van der Waals surface area contributed by atoms with E-state index < -0.39 is 4.92 Å². The lowest BCUT2D eigenvalue weighted by atomic mass is 10.0. The molecule has 2 rings (SSSR count). The predicted octanol–water partition coefficient (Wildman–Crippen LogP) is 4.28. The summed E-state index contributed by atoms with van der Waals surface area (Å²) in [6.07, 6.45) is 0.755. The van der Waals surface area contributed by atoms with Gasteiger partial charge in [0.1, 0.15) is 5.75 Å². The van der Waals surface area contributed by atoms with Crippen molar-refractivity contribution in [2.24, 2.45) is 0 Å². The average molecular weight is 336 g/mol. The molecule has 5 heteroatoms. The standard InChI is InChI=1S/C15H14BrNO3/c1-20-14-4-2-3-12(10-14)15(16)9-11-5-7-13(8-6-11)17(18)19/h2-8,10,15H,9H2,1H3. The highest BCUT2D eigenvalue weighted by Crippen LogP contribution is 2.29. The summed E-state index contributed by atoms with van der Waals surface area (Å²) in [6, 6.07) is 14.5. The lowest BCUT2D eigenvalue weighted by molar-refractivity contribution is -0.384. The molecular weight excluding hydrogens is 322 g/mol. The molecule has 0 aliphatic rings. The zero-order valence-corrected chi connectivity index (χ0v) is 12.5. The Morgan fingerprint density at radius 2 is 1.95 bits per heavy atom. The minimum absolute atomic E-state index is 0.112. The van der Waals surface area contributed by atoms with Gasteiger partial charge in [-0.25, -0.2) is 0 Å². The fraction of sp³-hybridized carbons (Fsp3) is 0.200. The van der Waals surface area contributed by atoms with Gasteiger partial charge in [-0.1, -0.05) is 40.2 Å². The number of methoxy groups -OCH3 is 1. The molecule has 104 valence electrons. The van der Waals surface area contributed by atoms with Crippen LogP contribution in [-0.2, 0) is 6.42 Å². The maximum atomic E-state index is 10.6. The molecule has 0 saturated heterocycles. The summed E-state index contributed by atoms with van der Waals surface area (Å²) in [6.45, 7) is 0. The van der Waals surface area contributed by atoms with Crippen LogP contribution >= 0.6 is 15.9 Å². The maximum Gasteiger partial charge on any atom is 0.269 e. The Balaban J connectivity index is 2.10. The number of nitro groups is 1. The molecule has 1 unspecified atom stereocenters. The molecular formula is C15H14BrNO3. The minimum atomic E-state index is -0.391. The summed E-state index contributed by atoms with van der Waals surface area (Å²) in [5.41, 5.74) is 2.27. The van der Waals surface area contributed by atoms with Gasteiger partial charge >= 0.3 is 0 Å². The fourth-order valence-corrected chi connectivity index (χ4v) is 2.57. The van der Waals surface area contributed by atoms with Crippen molar-refractivity contribution in [2.75, 3.05) is 7.11 Å². The Bertz CT molecular complexity index is 598. The molecule has 0 spiro atoms. The number of non-ortho nitro benzene ring substituents is 1. The summed E-state index contributed by atoms with van der Waals surface area (Å²) in [4.78, 5) is 10.4. The Hall–Kier alpha value is -1.88. The van der Waals surface area contributed by atoms with Gasteiger partial charge in [0.05, 0.1) is 12.0 Å². The third-order valence-corrected chi connectivity index (χ3v) is 3.87. The van der Waals surface area contributed by atoms with E-state index in [0.29, 0.717) is 0 Å². The second kappa shape index (κ2) is 6.52. The monoisotopic (exact) mass is 335 g/mol. The van der Waals surface area contributed by atoms with Crippen molar-refractivity contribution in [3.05, 3.63) is 69.8 Å². The van der Waals surface area contributed by atoms with Crippen LogP contribution < -0.4 is 4.74 Å². The lowest BCUT2D eigenvalue weighted by Crippen LogP contribution is -1.96. The number of alkyl halides is 1. The van der Waals surface area contributed by atoms with Crippen molar-refractivity contribution in [3.8, 4) is 5.75 Å². The molecule has 1 atom stereocenters. The lowest BCUT2D eigenvalue weighted by Gasteiger charge is -2.11. The van der Waals surface area contributed by atoms with Crippen molar-refractivity contribution < 1.29 is 9.66 Å². The summed E-state index contributed by atoms with van der Waals surface area (Å²) in [5.74, 6) is 0.815. The highest BCUT2D eigenvalue weighted by atomic mass is 79.9. The third kappa shape index (κ3) is 3.57. The molecule has 0 fully saturated rings.